The highest BCUT2D eigenvalue weighted by atomic mass is 19.1. The molecule has 1 fully saturated rings. The lowest BCUT2D eigenvalue weighted by Gasteiger charge is -2.31. The smallest absolute Gasteiger partial charge is 0.317 e. The number of piperidine rings is 1. The fourth-order valence-electron chi connectivity index (χ4n) is 2.94. The van der Waals surface area contributed by atoms with E-state index in [9.17, 15) is 9.18 Å². The zero-order valence-electron chi connectivity index (χ0n) is 15.2. The van der Waals surface area contributed by atoms with Crippen LogP contribution in [0.2, 0.25) is 0 Å². The number of nitrogens with one attached hydrogen (secondary N) is 1. The third-order valence-electron chi connectivity index (χ3n) is 4.33. The lowest BCUT2D eigenvalue weighted by molar-refractivity contribution is 0.166. The van der Waals surface area contributed by atoms with Gasteiger partial charge in [-0.15, -0.1) is 0 Å². The van der Waals surface area contributed by atoms with Crippen LogP contribution in [0, 0.1) is 5.82 Å². The monoisotopic (exact) mass is 378 g/mol. The fraction of sp³-hybridized carbons (Fsp3) is 0.500. The number of likely N-dealkylation sites (tertiary alicyclic amines) is 1. The Balaban J connectivity index is 1.54. The molecule has 2 aromatic rings. The van der Waals surface area contributed by atoms with E-state index in [1.165, 1.54) is 12.1 Å². The molecule has 0 spiro atoms. The minimum Gasteiger partial charge on any atom is -0.481 e. The number of halogens is 1. The van der Waals surface area contributed by atoms with Crippen molar-refractivity contribution in [3.8, 4) is 5.75 Å². The number of urea groups is 1. The number of carbonyl (C=O) groups is 1. The average Bonchev–Trinajstić information content (AvgIpc) is 3.17. The second-order valence-electron chi connectivity index (χ2n) is 6.28. The number of benzene rings is 1. The summed E-state index contributed by atoms with van der Waals surface area (Å²) >= 11 is 0. The maximum absolute atomic E-state index is 13.6. The third kappa shape index (κ3) is 5.16. The van der Waals surface area contributed by atoms with Crippen molar-refractivity contribution in [2.24, 2.45) is 0 Å². The summed E-state index contributed by atoms with van der Waals surface area (Å²) in [4.78, 5) is 18.3. The molecule has 8 nitrogen and oxygen atoms in total. The molecule has 0 bridgehead atoms. The summed E-state index contributed by atoms with van der Waals surface area (Å²) in [7, 11) is 1.59. The molecule has 1 atom stereocenters. The number of para-hydroxylation sites is 1. The van der Waals surface area contributed by atoms with Crippen molar-refractivity contribution in [2.45, 2.75) is 25.4 Å². The quantitative estimate of drug-likeness (QED) is 0.744. The van der Waals surface area contributed by atoms with Crippen LogP contribution in [0.4, 0.5) is 9.18 Å². The zero-order valence-corrected chi connectivity index (χ0v) is 15.2. The lowest BCUT2D eigenvalue weighted by Crippen LogP contribution is -2.45. The molecule has 146 valence electrons. The van der Waals surface area contributed by atoms with Crippen molar-refractivity contribution in [3.63, 3.8) is 0 Å². The van der Waals surface area contributed by atoms with Gasteiger partial charge in [-0.25, -0.2) is 9.18 Å². The number of aromatic nitrogens is 2. The molecule has 1 aromatic carbocycles. The van der Waals surface area contributed by atoms with Crippen LogP contribution in [0.1, 0.15) is 30.5 Å². The number of hydrogen-bond donors (Lipinski definition) is 1. The summed E-state index contributed by atoms with van der Waals surface area (Å²) in [6.45, 7) is 2.14. The molecular weight excluding hydrogens is 355 g/mol. The van der Waals surface area contributed by atoms with Gasteiger partial charge < -0.3 is 24.2 Å². The standard InChI is InChI=1S/C18H23FN4O4/c1-25-10-8-20-18(24)23-9-4-5-13(11-23)17-21-16(27-22-17)12-26-15-7-3-2-6-14(15)19/h2-3,6-7,13H,4-5,8-12H2,1H3,(H,20,24). The predicted molar refractivity (Wildman–Crippen MR) is 93.9 cm³/mol. The van der Waals surface area contributed by atoms with E-state index < -0.39 is 5.82 Å². The predicted octanol–water partition coefficient (Wildman–Crippen LogP) is 2.32. The van der Waals surface area contributed by atoms with Crippen LogP contribution < -0.4 is 10.1 Å². The molecule has 9 heteroatoms. The van der Waals surface area contributed by atoms with Crippen LogP contribution >= 0.6 is 0 Å². The van der Waals surface area contributed by atoms with Crippen LogP contribution in [0.5, 0.6) is 5.75 Å². The minimum absolute atomic E-state index is 0.00196. The van der Waals surface area contributed by atoms with E-state index in [2.05, 4.69) is 15.5 Å². The van der Waals surface area contributed by atoms with Crippen LogP contribution in [-0.2, 0) is 11.3 Å². The Morgan fingerprint density at radius 2 is 2.30 bits per heavy atom. The number of nitrogens with zero attached hydrogens (tertiary/aromatic N) is 3. The molecule has 1 aromatic heterocycles. The summed E-state index contributed by atoms with van der Waals surface area (Å²) < 4.78 is 29.1. The van der Waals surface area contributed by atoms with Crippen molar-refractivity contribution < 1.29 is 23.2 Å². The van der Waals surface area contributed by atoms with E-state index in [4.69, 9.17) is 14.0 Å². The van der Waals surface area contributed by atoms with Crippen LogP contribution in [-0.4, -0.2) is 54.4 Å². The first-order valence-electron chi connectivity index (χ1n) is 8.89. The molecule has 1 aliphatic heterocycles. The molecule has 2 heterocycles. The van der Waals surface area contributed by atoms with Crippen molar-refractivity contribution in [1.29, 1.82) is 0 Å². The maximum Gasteiger partial charge on any atom is 0.317 e. The van der Waals surface area contributed by atoms with Crippen molar-refractivity contribution >= 4 is 6.03 Å². The Kier molecular flexibility index (Phi) is 6.59. The molecule has 0 radical (unpaired) electrons. The van der Waals surface area contributed by atoms with E-state index in [-0.39, 0.29) is 30.2 Å². The molecule has 1 aliphatic rings. The number of carbonyl (C=O) groups excluding carboxylic acids is 1. The Morgan fingerprint density at radius 1 is 1.44 bits per heavy atom. The summed E-state index contributed by atoms with van der Waals surface area (Å²) in [6, 6.07) is 6.01. The zero-order chi connectivity index (χ0) is 19.1. The van der Waals surface area contributed by atoms with Gasteiger partial charge >= 0.3 is 6.03 Å². The van der Waals surface area contributed by atoms with E-state index in [0.717, 1.165) is 12.8 Å². The van der Waals surface area contributed by atoms with Gasteiger partial charge in [0, 0.05) is 32.7 Å². The summed E-state index contributed by atoms with van der Waals surface area (Å²) in [5, 5.41) is 6.82. The van der Waals surface area contributed by atoms with Crippen molar-refractivity contribution in [1.82, 2.24) is 20.4 Å². The van der Waals surface area contributed by atoms with Crippen molar-refractivity contribution in [2.75, 3.05) is 33.4 Å². The Morgan fingerprint density at radius 3 is 3.11 bits per heavy atom. The van der Waals surface area contributed by atoms with Gasteiger partial charge in [0.25, 0.3) is 5.89 Å². The number of amides is 2. The van der Waals surface area contributed by atoms with Gasteiger partial charge in [-0.3, -0.25) is 0 Å². The summed E-state index contributed by atoms with van der Waals surface area (Å²) in [5.74, 6) is 0.498. The number of rotatable bonds is 7. The minimum atomic E-state index is -0.445. The maximum atomic E-state index is 13.6. The van der Waals surface area contributed by atoms with Gasteiger partial charge in [0.15, 0.2) is 24.0 Å². The van der Waals surface area contributed by atoms with Gasteiger partial charge in [-0.2, -0.15) is 4.98 Å². The average molecular weight is 378 g/mol. The van der Waals surface area contributed by atoms with E-state index in [1.54, 1.807) is 24.1 Å². The Bertz CT molecular complexity index is 754. The summed E-state index contributed by atoms with van der Waals surface area (Å²) in [6.07, 6.45) is 1.73. The second-order valence-corrected chi connectivity index (χ2v) is 6.28. The molecular formula is C18H23FN4O4. The van der Waals surface area contributed by atoms with E-state index in [1.807, 2.05) is 0 Å². The molecule has 3 rings (SSSR count). The lowest BCUT2D eigenvalue weighted by atomic mass is 9.98. The molecule has 0 saturated carbocycles. The highest BCUT2D eigenvalue weighted by Gasteiger charge is 2.28. The van der Waals surface area contributed by atoms with Gasteiger partial charge in [-0.1, -0.05) is 17.3 Å². The molecule has 2 amide bonds. The first-order chi connectivity index (χ1) is 13.2. The second kappa shape index (κ2) is 9.31. The normalized spacial score (nSPS) is 17.0. The molecule has 1 saturated heterocycles. The van der Waals surface area contributed by atoms with E-state index in [0.29, 0.717) is 32.1 Å². The third-order valence-corrected chi connectivity index (χ3v) is 4.33. The first kappa shape index (κ1) is 19.1. The SMILES string of the molecule is COCCNC(=O)N1CCCC(c2noc(COc3ccccc3F)n2)C1. The highest BCUT2D eigenvalue weighted by molar-refractivity contribution is 5.74. The number of hydrogen-bond acceptors (Lipinski definition) is 6. The van der Waals surface area contributed by atoms with Crippen LogP contribution in [0.3, 0.4) is 0 Å². The van der Waals surface area contributed by atoms with Gasteiger partial charge in [-0.05, 0) is 25.0 Å². The molecule has 1 N–H and O–H groups in total. The van der Waals surface area contributed by atoms with E-state index >= 15 is 0 Å². The highest BCUT2D eigenvalue weighted by Crippen LogP contribution is 2.25. The number of ether oxygens (including phenoxy) is 2. The number of methoxy groups -OCH3 is 1. The van der Waals surface area contributed by atoms with Gasteiger partial charge in [0.2, 0.25) is 0 Å². The molecule has 27 heavy (non-hydrogen) atoms. The topological polar surface area (TPSA) is 89.7 Å². The Labute approximate surface area is 156 Å². The van der Waals surface area contributed by atoms with Gasteiger partial charge in [0.1, 0.15) is 0 Å². The molecule has 0 aliphatic carbocycles. The first-order valence-corrected chi connectivity index (χ1v) is 8.89. The molecule has 1 unspecified atom stereocenters. The fourth-order valence-corrected chi connectivity index (χ4v) is 2.94. The van der Waals surface area contributed by atoms with Crippen LogP contribution in [0.25, 0.3) is 0 Å². The largest absolute Gasteiger partial charge is 0.481 e. The van der Waals surface area contributed by atoms with Crippen molar-refractivity contribution in [3.05, 3.63) is 41.8 Å². The van der Waals surface area contributed by atoms with Crippen LogP contribution in [0.15, 0.2) is 28.8 Å². The van der Waals surface area contributed by atoms with Gasteiger partial charge in [0.05, 0.1) is 6.61 Å². The summed E-state index contributed by atoms with van der Waals surface area (Å²) in [5.41, 5.74) is 0. The Hall–Kier alpha value is -2.68.